The fourth-order valence-corrected chi connectivity index (χ4v) is 2.51. The Hall–Kier alpha value is -0.820. The lowest BCUT2D eigenvalue weighted by molar-refractivity contribution is 0.466. The van der Waals surface area contributed by atoms with Gasteiger partial charge in [-0.1, -0.05) is 32.0 Å². The van der Waals surface area contributed by atoms with Crippen molar-refractivity contribution in [3.8, 4) is 0 Å². The molecule has 0 aliphatic carbocycles. The number of aryl methyl sites for hydroxylation is 2. The number of nitrogens with one attached hydrogen (secondary N) is 1. The third-order valence-corrected chi connectivity index (χ3v) is 3.61. The lowest BCUT2D eigenvalue weighted by Crippen LogP contribution is -2.28. The molecule has 1 aromatic carbocycles. The fraction of sp³-hybridized carbons (Fsp3) is 0.625. The van der Waals surface area contributed by atoms with Crippen LogP contribution in [-0.4, -0.2) is 12.6 Å². The van der Waals surface area contributed by atoms with E-state index < -0.39 is 0 Å². The van der Waals surface area contributed by atoms with Gasteiger partial charge in [-0.05, 0) is 62.8 Å². The van der Waals surface area contributed by atoms with E-state index in [1.807, 2.05) is 0 Å². The molecule has 0 bridgehead atoms. The van der Waals surface area contributed by atoms with E-state index in [0.29, 0.717) is 6.04 Å². The highest BCUT2D eigenvalue weighted by atomic mass is 14.9. The average molecular weight is 233 g/mol. The van der Waals surface area contributed by atoms with Gasteiger partial charge in [0.25, 0.3) is 0 Å². The van der Waals surface area contributed by atoms with E-state index in [-0.39, 0.29) is 0 Å². The van der Waals surface area contributed by atoms with Crippen LogP contribution in [0.3, 0.4) is 0 Å². The Morgan fingerprint density at radius 2 is 1.76 bits per heavy atom. The summed E-state index contributed by atoms with van der Waals surface area (Å²) >= 11 is 0. The Morgan fingerprint density at radius 1 is 1.12 bits per heavy atom. The normalized spacial score (nSPS) is 12.7. The molecule has 1 unspecified atom stereocenters. The Labute approximate surface area is 107 Å². The van der Waals surface area contributed by atoms with E-state index in [1.165, 1.54) is 36.8 Å². The summed E-state index contributed by atoms with van der Waals surface area (Å²) in [5, 5.41) is 3.55. The summed E-state index contributed by atoms with van der Waals surface area (Å²) in [6.45, 7) is 10.00. The molecule has 0 saturated heterocycles. The first kappa shape index (κ1) is 14.2. The fourth-order valence-electron chi connectivity index (χ4n) is 2.51. The van der Waals surface area contributed by atoms with E-state index in [4.69, 9.17) is 0 Å². The molecule has 0 radical (unpaired) electrons. The van der Waals surface area contributed by atoms with Gasteiger partial charge < -0.3 is 5.32 Å². The van der Waals surface area contributed by atoms with Crippen LogP contribution in [0.1, 0.15) is 49.8 Å². The van der Waals surface area contributed by atoms with Crippen LogP contribution in [-0.2, 0) is 6.42 Å². The lowest BCUT2D eigenvalue weighted by Gasteiger charge is -2.16. The molecule has 1 rings (SSSR count). The van der Waals surface area contributed by atoms with Gasteiger partial charge in [-0.2, -0.15) is 0 Å². The molecule has 0 spiro atoms. The Bertz CT molecular complexity index is 310. The highest BCUT2D eigenvalue weighted by molar-refractivity contribution is 5.33. The maximum absolute atomic E-state index is 3.55. The van der Waals surface area contributed by atoms with Crippen LogP contribution in [0.5, 0.6) is 0 Å². The van der Waals surface area contributed by atoms with Gasteiger partial charge in [0.2, 0.25) is 0 Å². The summed E-state index contributed by atoms with van der Waals surface area (Å²) in [5.74, 6) is 0. The predicted molar refractivity (Wildman–Crippen MR) is 76.6 cm³/mol. The van der Waals surface area contributed by atoms with Crippen molar-refractivity contribution in [2.45, 2.75) is 59.4 Å². The summed E-state index contributed by atoms with van der Waals surface area (Å²) in [4.78, 5) is 0. The maximum Gasteiger partial charge on any atom is 0.00644 e. The summed E-state index contributed by atoms with van der Waals surface area (Å²) in [7, 11) is 0. The van der Waals surface area contributed by atoms with Crippen molar-refractivity contribution in [3.63, 3.8) is 0 Å². The van der Waals surface area contributed by atoms with Gasteiger partial charge in [-0.25, -0.2) is 0 Å². The third kappa shape index (κ3) is 4.51. The van der Waals surface area contributed by atoms with E-state index in [0.717, 1.165) is 6.54 Å². The summed E-state index contributed by atoms with van der Waals surface area (Å²) in [6.07, 6.45) is 5.04. The zero-order valence-corrected chi connectivity index (χ0v) is 11.8. The SMILES string of the molecule is CCNC(CC)CCCc1c(C)cccc1C. The molecular formula is C16H27N. The molecule has 0 saturated carbocycles. The zero-order chi connectivity index (χ0) is 12.7. The largest absolute Gasteiger partial charge is 0.314 e. The first-order valence-electron chi connectivity index (χ1n) is 6.97. The summed E-state index contributed by atoms with van der Waals surface area (Å²) in [5.41, 5.74) is 4.45. The molecular weight excluding hydrogens is 206 g/mol. The first-order valence-corrected chi connectivity index (χ1v) is 6.97. The molecule has 0 aromatic heterocycles. The standard InChI is InChI=1S/C16H27N/c1-5-15(17-6-2)11-8-12-16-13(3)9-7-10-14(16)4/h7,9-10,15,17H,5-6,8,11-12H2,1-4H3. The van der Waals surface area contributed by atoms with E-state index >= 15 is 0 Å². The monoisotopic (exact) mass is 233 g/mol. The van der Waals surface area contributed by atoms with Crippen LogP contribution >= 0.6 is 0 Å². The van der Waals surface area contributed by atoms with Crippen LogP contribution in [0.2, 0.25) is 0 Å². The molecule has 1 N–H and O–H groups in total. The number of rotatable bonds is 7. The predicted octanol–water partition coefficient (Wildman–Crippen LogP) is 4.01. The minimum absolute atomic E-state index is 0.698. The average Bonchev–Trinajstić information content (AvgIpc) is 2.31. The molecule has 1 nitrogen and oxygen atoms in total. The second-order valence-corrected chi connectivity index (χ2v) is 4.93. The van der Waals surface area contributed by atoms with Gasteiger partial charge in [-0.15, -0.1) is 0 Å². The molecule has 17 heavy (non-hydrogen) atoms. The first-order chi connectivity index (χ1) is 8.19. The Morgan fingerprint density at radius 3 is 2.29 bits per heavy atom. The van der Waals surface area contributed by atoms with Gasteiger partial charge in [0.1, 0.15) is 0 Å². The molecule has 0 heterocycles. The quantitative estimate of drug-likeness (QED) is 0.750. The van der Waals surface area contributed by atoms with E-state index in [9.17, 15) is 0 Å². The second kappa shape index (κ2) is 7.50. The highest BCUT2D eigenvalue weighted by Gasteiger charge is 2.06. The summed E-state index contributed by atoms with van der Waals surface area (Å²) < 4.78 is 0. The van der Waals surface area contributed by atoms with Crippen LogP contribution < -0.4 is 5.32 Å². The highest BCUT2D eigenvalue weighted by Crippen LogP contribution is 2.16. The lowest BCUT2D eigenvalue weighted by atomic mass is 9.96. The number of benzene rings is 1. The zero-order valence-electron chi connectivity index (χ0n) is 11.8. The topological polar surface area (TPSA) is 12.0 Å². The molecule has 96 valence electrons. The van der Waals surface area contributed by atoms with Gasteiger partial charge in [-0.3, -0.25) is 0 Å². The Kier molecular flexibility index (Phi) is 6.28. The van der Waals surface area contributed by atoms with Crippen LogP contribution in [0, 0.1) is 13.8 Å². The van der Waals surface area contributed by atoms with Crippen molar-refractivity contribution in [3.05, 3.63) is 34.9 Å². The minimum Gasteiger partial charge on any atom is -0.314 e. The van der Waals surface area contributed by atoms with Gasteiger partial charge in [0, 0.05) is 6.04 Å². The van der Waals surface area contributed by atoms with Crippen molar-refractivity contribution in [2.24, 2.45) is 0 Å². The summed E-state index contributed by atoms with van der Waals surface area (Å²) in [6, 6.07) is 7.31. The van der Waals surface area contributed by atoms with Gasteiger partial charge >= 0.3 is 0 Å². The molecule has 0 aliphatic heterocycles. The van der Waals surface area contributed by atoms with E-state index in [2.05, 4.69) is 51.2 Å². The molecule has 0 amide bonds. The van der Waals surface area contributed by atoms with Gasteiger partial charge in [0.15, 0.2) is 0 Å². The van der Waals surface area contributed by atoms with Gasteiger partial charge in [0.05, 0.1) is 0 Å². The van der Waals surface area contributed by atoms with Crippen molar-refractivity contribution >= 4 is 0 Å². The van der Waals surface area contributed by atoms with Crippen molar-refractivity contribution in [1.29, 1.82) is 0 Å². The van der Waals surface area contributed by atoms with Crippen molar-refractivity contribution in [2.75, 3.05) is 6.54 Å². The molecule has 0 fully saturated rings. The van der Waals surface area contributed by atoms with E-state index in [1.54, 1.807) is 5.56 Å². The van der Waals surface area contributed by atoms with Crippen LogP contribution in [0.25, 0.3) is 0 Å². The molecule has 1 atom stereocenters. The van der Waals surface area contributed by atoms with Crippen LogP contribution in [0.15, 0.2) is 18.2 Å². The minimum atomic E-state index is 0.698. The van der Waals surface area contributed by atoms with Crippen molar-refractivity contribution in [1.82, 2.24) is 5.32 Å². The smallest absolute Gasteiger partial charge is 0.00644 e. The second-order valence-electron chi connectivity index (χ2n) is 4.93. The molecule has 1 heteroatoms. The third-order valence-electron chi connectivity index (χ3n) is 3.61. The van der Waals surface area contributed by atoms with Crippen LogP contribution in [0.4, 0.5) is 0 Å². The molecule has 0 aliphatic rings. The Balaban J connectivity index is 2.45. The number of hydrogen-bond acceptors (Lipinski definition) is 1. The van der Waals surface area contributed by atoms with Crippen molar-refractivity contribution < 1.29 is 0 Å². The maximum atomic E-state index is 3.55. The molecule has 1 aromatic rings. The number of hydrogen-bond donors (Lipinski definition) is 1.